The van der Waals surface area contributed by atoms with Crippen LogP contribution in [0.3, 0.4) is 0 Å². The summed E-state index contributed by atoms with van der Waals surface area (Å²) >= 11 is 0. The highest BCUT2D eigenvalue weighted by Crippen LogP contribution is 2.19. The summed E-state index contributed by atoms with van der Waals surface area (Å²) in [4.78, 5) is 0. The summed E-state index contributed by atoms with van der Waals surface area (Å²) in [5.74, 6) is 0. The molecule has 0 aliphatic rings. The van der Waals surface area contributed by atoms with Crippen molar-refractivity contribution in [2.24, 2.45) is 0 Å². The first-order valence-electron chi connectivity index (χ1n) is 4.99. The van der Waals surface area contributed by atoms with Crippen molar-refractivity contribution in [1.29, 1.82) is 0 Å². The summed E-state index contributed by atoms with van der Waals surface area (Å²) in [6.07, 6.45) is 1.31. The Morgan fingerprint density at radius 1 is 0.800 bits per heavy atom. The fourth-order valence-electron chi connectivity index (χ4n) is 1.49. The Morgan fingerprint density at radius 3 is 1.93 bits per heavy atom. The van der Waals surface area contributed by atoms with E-state index in [1.54, 1.807) is 0 Å². The van der Waals surface area contributed by atoms with Crippen molar-refractivity contribution in [3.63, 3.8) is 0 Å². The number of hydrogen-bond donors (Lipinski definition) is 1. The van der Waals surface area contributed by atoms with Crippen LogP contribution in [-0.4, -0.2) is 5.11 Å². The van der Waals surface area contributed by atoms with Crippen molar-refractivity contribution in [1.82, 2.24) is 0 Å². The van der Waals surface area contributed by atoms with Gasteiger partial charge in [0.25, 0.3) is 0 Å². The van der Waals surface area contributed by atoms with E-state index in [9.17, 15) is 5.11 Å². The van der Waals surface area contributed by atoms with Crippen molar-refractivity contribution < 1.29 is 5.11 Å². The van der Waals surface area contributed by atoms with Gasteiger partial charge in [-0.1, -0.05) is 60.7 Å². The molecule has 0 saturated heterocycles. The van der Waals surface area contributed by atoms with Crippen molar-refractivity contribution in [3.8, 4) is 0 Å². The summed E-state index contributed by atoms with van der Waals surface area (Å²) in [5.41, 5.74) is 1.95. The minimum Gasteiger partial charge on any atom is -0.388 e. The molecule has 15 heavy (non-hydrogen) atoms. The van der Waals surface area contributed by atoms with E-state index in [4.69, 9.17) is 0 Å². The zero-order valence-electron chi connectivity index (χ0n) is 8.38. The van der Waals surface area contributed by atoms with Gasteiger partial charge in [-0.15, -0.1) is 0 Å². The smallest absolute Gasteiger partial charge is 0.0865 e. The van der Waals surface area contributed by atoms with Crippen LogP contribution in [0.25, 0.3) is 0 Å². The highest BCUT2D eigenvalue weighted by Gasteiger charge is 2.07. The van der Waals surface area contributed by atoms with Crippen LogP contribution in [0.4, 0.5) is 0 Å². The molecule has 1 atom stereocenters. The molecule has 2 rings (SSSR count). The highest BCUT2D eigenvalue weighted by molar-refractivity contribution is 5.29. The molecular formula is C14H13O. The molecular weight excluding hydrogens is 184 g/mol. The van der Waals surface area contributed by atoms with Crippen molar-refractivity contribution in [2.45, 2.75) is 6.10 Å². The quantitative estimate of drug-likeness (QED) is 0.802. The molecule has 0 unspecified atom stereocenters. The lowest BCUT2D eigenvalue weighted by molar-refractivity contribution is 0.215. The Morgan fingerprint density at radius 2 is 1.33 bits per heavy atom. The van der Waals surface area contributed by atoms with Gasteiger partial charge < -0.3 is 5.11 Å². The molecule has 0 aliphatic carbocycles. The fourth-order valence-corrected chi connectivity index (χ4v) is 1.49. The Balaban J connectivity index is 2.08. The number of hydrogen-bond acceptors (Lipinski definition) is 1. The van der Waals surface area contributed by atoms with Crippen LogP contribution in [0, 0.1) is 6.42 Å². The van der Waals surface area contributed by atoms with Gasteiger partial charge >= 0.3 is 0 Å². The van der Waals surface area contributed by atoms with Crippen LogP contribution in [0.2, 0.25) is 0 Å². The van der Waals surface area contributed by atoms with Gasteiger partial charge in [-0.25, -0.2) is 0 Å². The third-order valence-corrected chi connectivity index (χ3v) is 2.29. The average Bonchev–Trinajstić information content (AvgIpc) is 2.31. The molecule has 0 bridgehead atoms. The van der Waals surface area contributed by atoms with Crippen LogP contribution in [-0.2, 0) is 0 Å². The van der Waals surface area contributed by atoms with Gasteiger partial charge in [0, 0.05) is 6.42 Å². The van der Waals surface area contributed by atoms with E-state index in [0.717, 1.165) is 11.1 Å². The topological polar surface area (TPSA) is 20.2 Å². The second-order valence-corrected chi connectivity index (χ2v) is 3.43. The largest absolute Gasteiger partial charge is 0.388 e. The lowest BCUT2D eigenvalue weighted by Gasteiger charge is -2.10. The summed E-state index contributed by atoms with van der Waals surface area (Å²) in [7, 11) is 0. The van der Waals surface area contributed by atoms with E-state index in [1.807, 2.05) is 67.1 Å². The van der Waals surface area contributed by atoms with Crippen molar-refractivity contribution >= 4 is 0 Å². The minimum atomic E-state index is -0.534. The van der Waals surface area contributed by atoms with Gasteiger partial charge in [-0.3, -0.25) is 0 Å². The van der Waals surface area contributed by atoms with Gasteiger partial charge in [-0.05, 0) is 11.1 Å². The van der Waals surface area contributed by atoms with Crippen molar-refractivity contribution in [3.05, 3.63) is 78.2 Å². The fraction of sp³-hybridized carbons (Fsp3) is 0.0714. The van der Waals surface area contributed by atoms with Crippen LogP contribution >= 0.6 is 0 Å². The van der Waals surface area contributed by atoms with Crippen LogP contribution < -0.4 is 0 Å². The number of aliphatic hydroxyl groups is 1. The molecule has 0 aromatic heterocycles. The van der Waals surface area contributed by atoms with Crippen LogP contribution in [0.5, 0.6) is 0 Å². The first kappa shape index (κ1) is 9.94. The molecule has 0 amide bonds. The zero-order chi connectivity index (χ0) is 10.5. The molecule has 75 valence electrons. The molecule has 0 heterocycles. The van der Waals surface area contributed by atoms with Gasteiger partial charge in [0.05, 0.1) is 6.10 Å². The second-order valence-electron chi connectivity index (χ2n) is 3.43. The third-order valence-electron chi connectivity index (χ3n) is 2.29. The van der Waals surface area contributed by atoms with Crippen LogP contribution in [0.1, 0.15) is 17.2 Å². The third kappa shape index (κ3) is 2.67. The van der Waals surface area contributed by atoms with E-state index in [0.29, 0.717) is 0 Å². The molecule has 1 heteroatoms. The van der Waals surface area contributed by atoms with Gasteiger partial charge in [0.1, 0.15) is 0 Å². The molecule has 0 saturated carbocycles. The van der Waals surface area contributed by atoms with E-state index in [-0.39, 0.29) is 0 Å². The van der Waals surface area contributed by atoms with E-state index in [2.05, 4.69) is 0 Å². The normalized spacial score (nSPS) is 12.3. The number of rotatable bonds is 3. The van der Waals surface area contributed by atoms with Gasteiger partial charge in [0.2, 0.25) is 0 Å². The highest BCUT2D eigenvalue weighted by atomic mass is 16.3. The molecule has 0 spiro atoms. The number of benzene rings is 2. The lowest BCUT2D eigenvalue weighted by Crippen LogP contribution is -1.98. The summed E-state index contributed by atoms with van der Waals surface area (Å²) in [5, 5.41) is 9.92. The Labute approximate surface area is 90.0 Å². The SMILES string of the molecule is O[C@@H]([CH]c1ccccc1)c1ccccc1. The van der Waals surface area contributed by atoms with E-state index in [1.165, 1.54) is 0 Å². The molecule has 1 nitrogen and oxygen atoms in total. The molecule has 2 aromatic rings. The molecule has 0 fully saturated rings. The molecule has 0 aliphatic heterocycles. The van der Waals surface area contributed by atoms with Crippen molar-refractivity contribution in [2.75, 3.05) is 0 Å². The zero-order valence-corrected chi connectivity index (χ0v) is 8.38. The summed E-state index contributed by atoms with van der Waals surface area (Å²) in [6, 6.07) is 19.5. The predicted molar refractivity (Wildman–Crippen MR) is 61.2 cm³/mol. The minimum absolute atomic E-state index is 0.534. The Bertz CT molecular complexity index is 394. The molecule has 1 N–H and O–H groups in total. The Kier molecular flexibility index (Phi) is 3.15. The van der Waals surface area contributed by atoms with Gasteiger partial charge in [-0.2, -0.15) is 0 Å². The lowest BCUT2D eigenvalue weighted by atomic mass is 10.0. The standard InChI is InChI=1S/C14H13O/c15-14(13-9-5-2-6-10-13)11-12-7-3-1-4-8-12/h1-11,14-15H/t14-/m0/s1. The van der Waals surface area contributed by atoms with E-state index >= 15 is 0 Å². The summed E-state index contributed by atoms with van der Waals surface area (Å²) < 4.78 is 0. The number of aliphatic hydroxyl groups excluding tert-OH is 1. The first-order valence-corrected chi connectivity index (χ1v) is 4.99. The van der Waals surface area contributed by atoms with E-state index < -0.39 is 6.10 Å². The maximum Gasteiger partial charge on any atom is 0.0865 e. The summed E-state index contributed by atoms with van der Waals surface area (Å²) in [6.45, 7) is 0. The first-order chi connectivity index (χ1) is 7.36. The molecule has 2 aromatic carbocycles. The van der Waals surface area contributed by atoms with Crippen LogP contribution in [0.15, 0.2) is 60.7 Å². The second kappa shape index (κ2) is 4.76. The Hall–Kier alpha value is -1.60. The predicted octanol–water partition coefficient (Wildman–Crippen LogP) is 2.97. The molecule has 1 radical (unpaired) electrons. The van der Waals surface area contributed by atoms with Gasteiger partial charge in [0.15, 0.2) is 0 Å². The average molecular weight is 197 g/mol. The maximum absolute atomic E-state index is 9.92. The maximum atomic E-state index is 9.92. The monoisotopic (exact) mass is 197 g/mol.